The lowest BCUT2D eigenvalue weighted by molar-refractivity contribution is 0.0987. The normalized spacial score (nSPS) is 13.1. The van der Waals surface area contributed by atoms with Crippen LogP contribution in [-0.4, -0.2) is 17.4 Å². The van der Waals surface area contributed by atoms with Gasteiger partial charge in [0.2, 0.25) is 0 Å². The van der Waals surface area contributed by atoms with Gasteiger partial charge in [0.15, 0.2) is 11.7 Å². The van der Waals surface area contributed by atoms with Gasteiger partial charge >= 0.3 is 0 Å². The minimum absolute atomic E-state index is 0.0298. The van der Waals surface area contributed by atoms with Gasteiger partial charge in [-0.3, -0.25) is 4.79 Å². The molecule has 5 nitrogen and oxygen atoms in total. The van der Waals surface area contributed by atoms with Crippen LogP contribution in [0.25, 0.3) is 11.3 Å². The van der Waals surface area contributed by atoms with Crippen LogP contribution >= 0.6 is 11.8 Å². The van der Waals surface area contributed by atoms with Crippen LogP contribution in [0.2, 0.25) is 0 Å². The summed E-state index contributed by atoms with van der Waals surface area (Å²) < 4.78 is 5.84. The fraction of sp³-hybridized carbons (Fsp3) is 0.238. The lowest BCUT2D eigenvalue weighted by Crippen LogP contribution is -2.32. The zero-order chi connectivity index (χ0) is 19.0. The van der Waals surface area contributed by atoms with E-state index in [-0.39, 0.29) is 5.91 Å². The molecule has 1 aliphatic heterocycles. The van der Waals surface area contributed by atoms with Crippen molar-refractivity contribution < 1.29 is 9.21 Å². The molecule has 0 fully saturated rings. The molecular formula is C21H20ClN3O2. The van der Waals surface area contributed by atoms with E-state index in [1.54, 1.807) is 0 Å². The summed E-state index contributed by atoms with van der Waals surface area (Å²) in [6.45, 7) is 4.94. The third-order valence-corrected chi connectivity index (χ3v) is 5.04. The quantitative estimate of drug-likeness (QED) is 0.683. The van der Waals surface area contributed by atoms with E-state index in [4.69, 9.17) is 16.2 Å². The number of halogens is 1. The maximum atomic E-state index is 13.3. The summed E-state index contributed by atoms with van der Waals surface area (Å²) in [7, 11) is 0. The summed E-state index contributed by atoms with van der Waals surface area (Å²) >= 11 is 5.61. The van der Waals surface area contributed by atoms with Crippen LogP contribution in [0.3, 0.4) is 0 Å². The molecule has 0 radical (unpaired) electrons. The van der Waals surface area contributed by atoms with Crippen LogP contribution in [0.1, 0.15) is 33.1 Å². The lowest BCUT2D eigenvalue weighted by atomic mass is 10.0. The van der Waals surface area contributed by atoms with Crippen molar-refractivity contribution in [1.82, 2.24) is 9.82 Å². The van der Waals surface area contributed by atoms with Gasteiger partial charge in [-0.2, -0.15) is 0 Å². The maximum Gasteiger partial charge on any atom is 0.258 e. The van der Waals surface area contributed by atoms with E-state index >= 15 is 0 Å². The molecule has 0 saturated carbocycles. The zero-order valence-electron chi connectivity index (χ0n) is 15.3. The number of hydrogen-bond donors (Lipinski definition) is 1. The van der Waals surface area contributed by atoms with Crippen LogP contribution in [-0.2, 0) is 13.0 Å². The molecule has 2 aromatic carbocycles. The minimum atomic E-state index is -0.0298. The molecule has 27 heavy (non-hydrogen) atoms. The van der Waals surface area contributed by atoms with Crippen LogP contribution in [0, 0.1) is 13.8 Å². The Hall–Kier alpha value is -2.63. The second-order valence-corrected chi connectivity index (χ2v) is 6.95. The molecule has 138 valence electrons. The number of anilines is 1. The van der Waals surface area contributed by atoms with Gasteiger partial charge < -0.3 is 9.32 Å². The Morgan fingerprint density at radius 1 is 1.26 bits per heavy atom. The number of fused-ring (bicyclic) bond motifs is 3. The van der Waals surface area contributed by atoms with Gasteiger partial charge in [-0.15, -0.1) is 0 Å². The SMILES string of the molecule is Cc1nc2c(o1)-c1ccccc1N(C(=O)c1ccc(CNCl)c(C)c1)CC2. The molecule has 6 heteroatoms. The smallest absolute Gasteiger partial charge is 0.258 e. The molecule has 1 aliphatic rings. The summed E-state index contributed by atoms with van der Waals surface area (Å²) in [5.41, 5.74) is 5.40. The first-order valence-electron chi connectivity index (χ1n) is 8.89. The van der Waals surface area contributed by atoms with Crippen molar-refractivity contribution in [2.45, 2.75) is 26.8 Å². The van der Waals surface area contributed by atoms with Crippen molar-refractivity contribution in [1.29, 1.82) is 0 Å². The Morgan fingerprint density at radius 2 is 2.07 bits per heavy atom. The van der Waals surface area contributed by atoms with Crippen LogP contribution in [0.15, 0.2) is 46.9 Å². The molecule has 0 bridgehead atoms. The van der Waals surface area contributed by atoms with E-state index in [0.29, 0.717) is 31.0 Å². The fourth-order valence-electron chi connectivity index (χ4n) is 3.56. The molecule has 1 N–H and O–H groups in total. The van der Waals surface area contributed by atoms with Crippen molar-refractivity contribution in [2.75, 3.05) is 11.4 Å². The van der Waals surface area contributed by atoms with Crippen molar-refractivity contribution in [2.24, 2.45) is 0 Å². The number of benzene rings is 2. The number of amides is 1. The molecule has 0 aliphatic carbocycles. The molecule has 0 spiro atoms. The van der Waals surface area contributed by atoms with Crippen molar-refractivity contribution >= 4 is 23.4 Å². The number of nitrogens with zero attached hydrogens (tertiary/aromatic N) is 2. The van der Waals surface area contributed by atoms with Gasteiger partial charge in [-0.1, -0.05) is 18.2 Å². The van der Waals surface area contributed by atoms with Crippen molar-refractivity contribution in [3.8, 4) is 11.3 Å². The summed E-state index contributed by atoms with van der Waals surface area (Å²) in [5, 5.41) is 0. The van der Waals surface area contributed by atoms with Gasteiger partial charge in [0, 0.05) is 37.6 Å². The van der Waals surface area contributed by atoms with Gasteiger partial charge in [-0.25, -0.2) is 9.82 Å². The highest BCUT2D eigenvalue weighted by molar-refractivity contribution is 6.13. The van der Waals surface area contributed by atoms with Gasteiger partial charge in [0.1, 0.15) is 0 Å². The van der Waals surface area contributed by atoms with Crippen LogP contribution in [0.4, 0.5) is 5.69 Å². The number of carbonyl (C=O) groups excluding carboxylic acids is 1. The standard InChI is InChI=1S/C21H20ClN3O2/c1-13-11-15(7-8-16(13)12-23-22)21(26)25-10-9-18-20(27-14(2)24-18)17-5-3-4-6-19(17)25/h3-8,11,23H,9-10,12H2,1-2H3. The predicted octanol–water partition coefficient (Wildman–Crippen LogP) is 4.40. The van der Waals surface area contributed by atoms with E-state index in [9.17, 15) is 4.79 Å². The topological polar surface area (TPSA) is 58.4 Å². The second-order valence-electron chi connectivity index (χ2n) is 6.68. The Kier molecular flexibility index (Phi) is 4.72. The average Bonchev–Trinajstić information content (AvgIpc) is 2.97. The van der Waals surface area contributed by atoms with E-state index < -0.39 is 0 Å². The highest BCUT2D eigenvalue weighted by Crippen LogP contribution is 2.37. The van der Waals surface area contributed by atoms with E-state index in [2.05, 4.69) is 9.82 Å². The number of carbonyl (C=O) groups is 1. The average molecular weight is 382 g/mol. The van der Waals surface area contributed by atoms with Gasteiger partial charge in [0.05, 0.1) is 11.4 Å². The first kappa shape index (κ1) is 17.8. The summed E-state index contributed by atoms with van der Waals surface area (Å²) in [6, 6.07) is 13.5. The highest BCUT2D eigenvalue weighted by atomic mass is 35.5. The van der Waals surface area contributed by atoms with E-state index in [1.165, 1.54) is 0 Å². The number of para-hydroxylation sites is 1. The molecule has 1 amide bonds. The molecule has 4 rings (SSSR count). The van der Waals surface area contributed by atoms with Crippen LogP contribution < -0.4 is 9.74 Å². The zero-order valence-corrected chi connectivity index (χ0v) is 16.0. The third kappa shape index (κ3) is 3.24. The summed E-state index contributed by atoms with van der Waals surface area (Å²) in [6.07, 6.45) is 0.653. The Labute approximate surface area is 163 Å². The van der Waals surface area contributed by atoms with Crippen LogP contribution in [0.5, 0.6) is 0 Å². The van der Waals surface area contributed by atoms with E-state index in [1.807, 2.05) is 61.2 Å². The van der Waals surface area contributed by atoms with Crippen molar-refractivity contribution in [3.63, 3.8) is 0 Å². The number of oxazole rings is 1. The minimum Gasteiger partial charge on any atom is -0.441 e. The molecule has 0 atom stereocenters. The highest BCUT2D eigenvalue weighted by Gasteiger charge is 2.28. The lowest BCUT2D eigenvalue weighted by Gasteiger charge is -2.23. The Bertz CT molecular complexity index is 1010. The number of aryl methyl sites for hydroxylation is 2. The van der Waals surface area contributed by atoms with Gasteiger partial charge in [0.25, 0.3) is 5.91 Å². The van der Waals surface area contributed by atoms with Crippen molar-refractivity contribution in [3.05, 3.63) is 70.7 Å². The summed E-state index contributed by atoms with van der Waals surface area (Å²) in [5.74, 6) is 1.38. The largest absolute Gasteiger partial charge is 0.441 e. The third-order valence-electron chi connectivity index (χ3n) is 4.91. The molecule has 0 saturated heterocycles. The molecule has 0 unspecified atom stereocenters. The first-order chi connectivity index (χ1) is 13.1. The number of aromatic nitrogens is 1. The van der Waals surface area contributed by atoms with Gasteiger partial charge in [-0.05, 0) is 54.1 Å². The number of nitrogens with one attached hydrogen (secondary N) is 1. The fourth-order valence-corrected chi connectivity index (χ4v) is 3.70. The number of rotatable bonds is 3. The molecule has 1 aromatic heterocycles. The molecule has 3 aromatic rings. The summed E-state index contributed by atoms with van der Waals surface area (Å²) in [4.78, 5) is 22.3. The maximum absolute atomic E-state index is 13.3. The molecule has 2 heterocycles. The molecular weight excluding hydrogens is 362 g/mol. The van der Waals surface area contributed by atoms with E-state index in [0.717, 1.165) is 33.8 Å². The number of hydrogen-bond acceptors (Lipinski definition) is 4. The second kappa shape index (κ2) is 7.18. The Balaban J connectivity index is 1.74. The first-order valence-corrected chi connectivity index (χ1v) is 9.27. The monoisotopic (exact) mass is 381 g/mol. The Morgan fingerprint density at radius 3 is 2.85 bits per heavy atom. The predicted molar refractivity (Wildman–Crippen MR) is 106 cm³/mol.